The van der Waals surface area contributed by atoms with Crippen LogP contribution in [-0.2, 0) is 14.2 Å². The van der Waals surface area contributed by atoms with Gasteiger partial charge >= 0.3 is 181 Å². The first-order chi connectivity index (χ1) is 13.4. The first-order valence-corrected chi connectivity index (χ1v) is 12.6. The topological polar surface area (TPSA) is 61.8 Å². The number of esters is 1. The van der Waals surface area contributed by atoms with Crippen LogP contribution in [0.25, 0.3) is 0 Å². The first kappa shape index (κ1) is 21.3. The Morgan fingerprint density at radius 1 is 1.07 bits per heavy atom. The van der Waals surface area contributed by atoms with Crippen LogP contribution in [0.4, 0.5) is 13.6 Å². The monoisotopic (exact) mass is 649 g/mol. The summed E-state index contributed by atoms with van der Waals surface area (Å²) in [5.41, 5.74) is 0.287. The van der Waals surface area contributed by atoms with E-state index in [1.165, 1.54) is 0 Å². The number of halogens is 3. The Morgan fingerprint density at radius 3 is 2.32 bits per heavy atom. The van der Waals surface area contributed by atoms with Gasteiger partial charge in [-0.05, 0) is 0 Å². The van der Waals surface area contributed by atoms with Gasteiger partial charge in [0.2, 0.25) is 0 Å². The molecule has 0 N–H and O–H groups in total. The van der Waals surface area contributed by atoms with Crippen LogP contribution >= 0.6 is 15.9 Å². The number of benzene rings is 2. The van der Waals surface area contributed by atoms with Crippen LogP contribution in [0.2, 0.25) is 0 Å². The molecule has 1 radical (unpaired) electrons. The first-order valence-electron chi connectivity index (χ1n) is 8.25. The van der Waals surface area contributed by atoms with E-state index < -0.39 is 62.6 Å². The maximum absolute atomic E-state index is 14.4. The minimum absolute atomic E-state index is 0.287. The molecule has 0 spiro atoms. The molecule has 3 atom stereocenters. The number of alkyl halides is 3. The van der Waals surface area contributed by atoms with Crippen molar-refractivity contribution in [2.45, 2.75) is 23.1 Å². The average Bonchev–Trinajstić information content (AvgIpc) is 2.90. The van der Waals surface area contributed by atoms with E-state index in [2.05, 4.69) is 15.9 Å². The standard InChI is InChI=1S/C13H10BrF2O5.C6H5.Bi/c14-12-13(15,16)10(20-7-17)9(21-12)6-19-11(18)8-4-2-1-3-5-8;1-2-4-6-5-3-1;/h1-5,9-10,12H,6H2;1-5H;/t9-,10+,12-;;/m1../s1. The van der Waals surface area contributed by atoms with Gasteiger partial charge in [0.15, 0.2) is 0 Å². The summed E-state index contributed by atoms with van der Waals surface area (Å²) in [5.74, 6) is -4.12. The van der Waals surface area contributed by atoms with Crippen molar-refractivity contribution >= 4 is 52.1 Å². The Hall–Kier alpha value is -1.44. The molecule has 0 unspecified atom stereocenters. The molecular weight excluding hydrogens is 635 g/mol. The second-order valence-electron chi connectivity index (χ2n) is 5.88. The Labute approximate surface area is 180 Å². The van der Waals surface area contributed by atoms with Crippen molar-refractivity contribution in [3.63, 3.8) is 0 Å². The van der Waals surface area contributed by atoms with Crippen LogP contribution in [0.5, 0.6) is 0 Å². The summed E-state index contributed by atoms with van der Waals surface area (Å²) in [7, 11) is 0. The zero-order chi connectivity index (χ0) is 20.1. The van der Waals surface area contributed by atoms with Crippen molar-refractivity contribution < 1.29 is 32.6 Å². The fraction of sp³-hybridized carbons (Fsp3) is 0.263. The molecule has 2 aromatic carbocycles. The van der Waals surface area contributed by atoms with Crippen LogP contribution in [0, 0.1) is 0 Å². The zero-order valence-corrected chi connectivity index (χ0v) is 19.4. The van der Waals surface area contributed by atoms with Gasteiger partial charge in [0.05, 0.1) is 0 Å². The normalized spacial score (nSPS) is 23.2. The van der Waals surface area contributed by atoms with E-state index in [1.54, 1.807) is 54.6 Å². The molecule has 147 valence electrons. The van der Waals surface area contributed by atoms with E-state index in [0.29, 0.717) is 0 Å². The minimum atomic E-state index is -3.45. The third-order valence-corrected chi connectivity index (χ3v) is 8.01. The summed E-state index contributed by atoms with van der Waals surface area (Å²) in [6.07, 6.45) is -3.10. The van der Waals surface area contributed by atoms with E-state index in [0.717, 1.165) is 3.27 Å². The average molecular weight is 650 g/mol. The van der Waals surface area contributed by atoms with Gasteiger partial charge < -0.3 is 0 Å². The van der Waals surface area contributed by atoms with Crippen LogP contribution < -0.4 is 3.27 Å². The summed E-state index contributed by atoms with van der Waals surface area (Å²) in [6, 6.07) is 17.1. The van der Waals surface area contributed by atoms with Crippen LogP contribution in [-0.4, -0.2) is 62.6 Å². The SMILES string of the molecule is O=[C](O[C@H]1[C@@H](COC(=O)c2ccccc2)O[C@@H](Br)C1(F)F)[Bi][c]1ccccc1. The molecule has 5 nitrogen and oxygen atoms in total. The van der Waals surface area contributed by atoms with Gasteiger partial charge in [-0.1, -0.05) is 0 Å². The van der Waals surface area contributed by atoms with Gasteiger partial charge in [-0.2, -0.15) is 0 Å². The molecule has 0 aliphatic carbocycles. The van der Waals surface area contributed by atoms with Gasteiger partial charge in [0.25, 0.3) is 0 Å². The Bertz CT molecular complexity index is 822. The summed E-state index contributed by atoms with van der Waals surface area (Å²) < 4.78 is 44.4. The molecular formula is C19H15BiBrF2O5. The van der Waals surface area contributed by atoms with Crippen molar-refractivity contribution in [2.75, 3.05) is 6.61 Å². The molecule has 0 bridgehead atoms. The third-order valence-electron chi connectivity index (χ3n) is 3.91. The third kappa shape index (κ3) is 5.13. The van der Waals surface area contributed by atoms with Crippen LogP contribution in [0.3, 0.4) is 0 Å². The summed E-state index contributed by atoms with van der Waals surface area (Å²) in [6.45, 7) is -0.457. The van der Waals surface area contributed by atoms with Crippen molar-refractivity contribution in [1.82, 2.24) is 0 Å². The number of carbonyl (C=O) groups excluding carboxylic acids is 2. The van der Waals surface area contributed by atoms with Crippen LogP contribution in [0.1, 0.15) is 10.4 Å². The predicted molar refractivity (Wildman–Crippen MR) is 101 cm³/mol. The van der Waals surface area contributed by atoms with Crippen LogP contribution in [0.15, 0.2) is 60.7 Å². The number of carbonyl (C=O) groups is 2. The van der Waals surface area contributed by atoms with Crippen molar-refractivity contribution in [2.24, 2.45) is 0 Å². The molecule has 9 heteroatoms. The Morgan fingerprint density at radius 2 is 1.68 bits per heavy atom. The van der Waals surface area contributed by atoms with Gasteiger partial charge in [-0.15, -0.1) is 0 Å². The molecule has 1 fully saturated rings. The molecule has 2 aromatic rings. The molecule has 1 aliphatic rings. The van der Waals surface area contributed by atoms with Gasteiger partial charge in [-0.3, -0.25) is 0 Å². The summed E-state index contributed by atoms with van der Waals surface area (Å²) in [4.78, 5) is 24.3. The molecule has 0 amide bonds. The number of rotatable bonds is 6. The van der Waals surface area contributed by atoms with E-state index in [9.17, 15) is 18.4 Å². The Kier molecular flexibility index (Phi) is 7.12. The number of ether oxygens (including phenoxy) is 3. The van der Waals surface area contributed by atoms with Gasteiger partial charge in [0, 0.05) is 0 Å². The number of hydrogen-bond donors (Lipinski definition) is 0. The fourth-order valence-electron chi connectivity index (χ4n) is 2.53. The Balaban J connectivity index is 1.64. The van der Waals surface area contributed by atoms with Crippen molar-refractivity contribution in [3.8, 4) is 0 Å². The number of hydrogen-bond acceptors (Lipinski definition) is 5. The molecule has 1 saturated heterocycles. The van der Waals surface area contributed by atoms with E-state index in [4.69, 9.17) is 14.2 Å². The summed E-state index contributed by atoms with van der Waals surface area (Å²) in [5, 5.41) is -1.64. The van der Waals surface area contributed by atoms with Crippen molar-refractivity contribution in [1.29, 1.82) is 0 Å². The summed E-state index contributed by atoms with van der Waals surface area (Å²) >= 11 is 0.788. The van der Waals surface area contributed by atoms with Gasteiger partial charge in [0.1, 0.15) is 0 Å². The van der Waals surface area contributed by atoms with E-state index >= 15 is 0 Å². The second-order valence-corrected chi connectivity index (χ2v) is 11.0. The molecule has 1 aliphatic heterocycles. The maximum atomic E-state index is 14.4. The van der Waals surface area contributed by atoms with Gasteiger partial charge in [-0.25, -0.2) is 0 Å². The van der Waals surface area contributed by atoms with E-state index in [1.807, 2.05) is 6.07 Å². The van der Waals surface area contributed by atoms with E-state index in [-0.39, 0.29) is 5.56 Å². The quantitative estimate of drug-likeness (QED) is 0.274. The molecule has 3 rings (SSSR count). The molecule has 1 heterocycles. The van der Waals surface area contributed by atoms with Crippen molar-refractivity contribution in [3.05, 3.63) is 66.2 Å². The fourth-order valence-corrected chi connectivity index (χ4v) is 5.78. The molecule has 0 aromatic heterocycles. The molecule has 0 saturated carbocycles. The molecule has 28 heavy (non-hydrogen) atoms. The predicted octanol–water partition coefficient (Wildman–Crippen LogP) is 3.13. The second kappa shape index (κ2) is 9.37. The zero-order valence-electron chi connectivity index (χ0n) is 14.3.